The third-order valence-electron chi connectivity index (χ3n) is 7.89. The highest BCUT2D eigenvalue weighted by Gasteiger charge is 2.18. The molecule has 4 rings (SSSR count). The highest BCUT2D eigenvalue weighted by atomic mass is 19.2. The first-order valence-electron chi connectivity index (χ1n) is 14.8. The molecule has 0 saturated carbocycles. The molecule has 0 bridgehead atoms. The van der Waals surface area contributed by atoms with E-state index in [9.17, 15) is 8.78 Å². The second-order valence-corrected chi connectivity index (χ2v) is 10.8. The molecule has 0 aromatic heterocycles. The van der Waals surface area contributed by atoms with E-state index in [1.807, 2.05) is 31.2 Å². The molecular formula is C36H41F3O. The summed E-state index contributed by atoms with van der Waals surface area (Å²) in [5, 5.41) is 0. The van der Waals surface area contributed by atoms with Gasteiger partial charge in [-0.1, -0.05) is 87.2 Å². The Morgan fingerprint density at radius 2 is 1.55 bits per heavy atom. The Kier molecular flexibility index (Phi) is 11.1. The van der Waals surface area contributed by atoms with Crippen LogP contribution in [0.5, 0.6) is 5.75 Å². The molecule has 0 fully saturated rings. The molecule has 0 spiro atoms. The maximum absolute atomic E-state index is 15.2. The van der Waals surface area contributed by atoms with Crippen molar-refractivity contribution in [2.75, 3.05) is 6.61 Å². The summed E-state index contributed by atoms with van der Waals surface area (Å²) in [6, 6.07) is 15.5. The van der Waals surface area contributed by atoms with Gasteiger partial charge in [0.05, 0.1) is 6.61 Å². The van der Waals surface area contributed by atoms with Gasteiger partial charge in [0, 0.05) is 11.1 Å². The van der Waals surface area contributed by atoms with E-state index >= 15 is 4.39 Å². The molecule has 1 unspecified atom stereocenters. The summed E-state index contributed by atoms with van der Waals surface area (Å²) in [6.07, 6.45) is 17.1. The SMILES string of the molecule is CC=CCCC1CC=C(c2ccc(-c3ccc(-c4ccc(OCCCCCCC)c(F)c4F)cc3)cc2F)CC1. The molecule has 40 heavy (non-hydrogen) atoms. The molecule has 1 aliphatic carbocycles. The first-order valence-corrected chi connectivity index (χ1v) is 14.8. The first kappa shape index (κ1) is 29.7. The molecule has 0 radical (unpaired) electrons. The summed E-state index contributed by atoms with van der Waals surface area (Å²) in [6.45, 7) is 4.57. The third kappa shape index (κ3) is 7.68. The average molecular weight is 547 g/mol. The maximum Gasteiger partial charge on any atom is 0.201 e. The predicted molar refractivity (Wildman–Crippen MR) is 161 cm³/mol. The van der Waals surface area contributed by atoms with E-state index in [1.54, 1.807) is 24.3 Å². The molecule has 1 nitrogen and oxygen atoms in total. The summed E-state index contributed by atoms with van der Waals surface area (Å²) in [5.41, 5.74) is 4.06. The largest absolute Gasteiger partial charge is 0.490 e. The smallest absolute Gasteiger partial charge is 0.201 e. The molecule has 0 N–H and O–H groups in total. The predicted octanol–water partition coefficient (Wildman–Crippen LogP) is 11.3. The standard InChI is InChI=1S/C36H41F3O/c1-3-5-7-8-10-24-40-34-23-22-32(35(38)36(34)39)29-18-16-27(17-19-29)30-20-21-31(33(37)25-30)28-14-12-26(13-15-28)11-9-6-4-2/h4,6,14,16-23,25-26H,3,5,7-13,15,24H2,1-2H3. The van der Waals surface area contributed by atoms with E-state index in [0.29, 0.717) is 23.7 Å². The van der Waals surface area contributed by atoms with Crippen LogP contribution in [0, 0.1) is 23.4 Å². The highest BCUT2D eigenvalue weighted by Crippen LogP contribution is 2.36. The van der Waals surface area contributed by atoms with Crippen molar-refractivity contribution in [1.82, 2.24) is 0 Å². The van der Waals surface area contributed by atoms with Gasteiger partial charge in [-0.2, -0.15) is 4.39 Å². The molecule has 0 saturated heterocycles. The van der Waals surface area contributed by atoms with Crippen LogP contribution in [0.25, 0.3) is 27.8 Å². The minimum atomic E-state index is -0.964. The van der Waals surface area contributed by atoms with Gasteiger partial charge in [0.25, 0.3) is 0 Å². The Balaban J connectivity index is 1.40. The van der Waals surface area contributed by atoms with E-state index in [2.05, 4.69) is 25.2 Å². The minimum absolute atomic E-state index is 0.0545. The van der Waals surface area contributed by atoms with Crippen molar-refractivity contribution < 1.29 is 17.9 Å². The Morgan fingerprint density at radius 3 is 2.25 bits per heavy atom. The Morgan fingerprint density at radius 1 is 0.825 bits per heavy atom. The van der Waals surface area contributed by atoms with Crippen molar-refractivity contribution in [2.45, 2.75) is 78.1 Å². The summed E-state index contributed by atoms with van der Waals surface area (Å²) in [7, 11) is 0. The minimum Gasteiger partial charge on any atom is -0.490 e. The van der Waals surface area contributed by atoms with Gasteiger partial charge in [-0.05, 0) is 91.8 Å². The van der Waals surface area contributed by atoms with Gasteiger partial charge in [0.1, 0.15) is 5.82 Å². The molecule has 3 aromatic rings. The van der Waals surface area contributed by atoms with Gasteiger partial charge >= 0.3 is 0 Å². The number of unbranched alkanes of at least 4 members (excludes halogenated alkanes) is 4. The fourth-order valence-corrected chi connectivity index (χ4v) is 5.45. The van der Waals surface area contributed by atoms with Gasteiger partial charge in [0.2, 0.25) is 5.82 Å². The molecule has 0 heterocycles. The third-order valence-corrected chi connectivity index (χ3v) is 7.89. The van der Waals surface area contributed by atoms with Gasteiger partial charge in [-0.3, -0.25) is 0 Å². The van der Waals surface area contributed by atoms with Crippen LogP contribution < -0.4 is 4.74 Å². The molecule has 0 aliphatic heterocycles. The van der Waals surface area contributed by atoms with Crippen molar-refractivity contribution in [3.8, 4) is 28.0 Å². The lowest BCUT2D eigenvalue weighted by Crippen LogP contribution is -2.06. The fraction of sp³-hybridized carbons (Fsp3) is 0.389. The molecule has 3 aromatic carbocycles. The normalized spacial score (nSPS) is 15.4. The number of halogens is 3. The number of ether oxygens (including phenoxy) is 1. The van der Waals surface area contributed by atoms with Crippen LogP contribution in [0.1, 0.15) is 83.6 Å². The Labute approximate surface area is 237 Å². The number of hydrogen-bond donors (Lipinski definition) is 0. The fourth-order valence-electron chi connectivity index (χ4n) is 5.45. The lowest BCUT2D eigenvalue weighted by molar-refractivity contribution is 0.285. The zero-order chi connectivity index (χ0) is 28.3. The second-order valence-electron chi connectivity index (χ2n) is 10.8. The van der Waals surface area contributed by atoms with Gasteiger partial charge in [-0.25, -0.2) is 8.78 Å². The maximum atomic E-state index is 15.2. The number of rotatable bonds is 13. The molecule has 1 aliphatic rings. The number of hydrogen-bond acceptors (Lipinski definition) is 1. The van der Waals surface area contributed by atoms with Gasteiger partial charge < -0.3 is 4.74 Å². The van der Waals surface area contributed by atoms with E-state index in [1.165, 1.54) is 18.9 Å². The number of benzene rings is 3. The second kappa shape index (κ2) is 14.9. The van der Waals surface area contributed by atoms with Crippen molar-refractivity contribution in [1.29, 1.82) is 0 Å². The van der Waals surface area contributed by atoms with Crippen LogP contribution >= 0.6 is 0 Å². The summed E-state index contributed by atoms with van der Waals surface area (Å²) >= 11 is 0. The van der Waals surface area contributed by atoms with Crippen molar-refractivity contribution in [3.63, 3.8) is 0 Å². The zero-order valence-corrected chi connectivity index (χ0v) is 23.8. The van der Waals surface area contributed by atoms with Crippen LogP contribution in [0.15, 0.2) is 72.8 Å². The van der Waals surface area contributed by atoms with Gasteiger partial charge in [-0.15, -0.1) is 0 Å². The van der Waals surface area contributed by atoms with Crippen LogP contribution in [-0.4, -0.2) is 6.61 Å². The van der Waals surface area contributed by atoms with Crippen molar-refractivity contribution in [2.24, 2.45) is 5.92 Å². The van der Waals surface area contributed by atoms with Crippen LogP contribution in [0.3, 0.4) is 0 Å². The van der Waals surface area contributed by atoms with Crippen LogP contribution in [-0.2, 0) is 0 Å². The van der Waals surface area contributed by atoms with Crippen molar-refractivity contribution >= 4 is 5.57 Å². The summed E-state index contributed by atoms with van der Waals surface area (Å²) < 4.78 is 50.3. The highest BCUT2D eigenvalue weighted by molar-refractivity contribution is 5.74. The molecule has 1 atom stereocenters. The summed E-state index contributed by atoms with van der Waals surface area (Å²) in [4.78, 5) is 0. The van der Waals surface area contributed by atoms with Crippen LogP contribution in [0.4, 0.5) is 13.2 Å². The number of allylic oxidation sites excluding steroid dienone is 4. The van der Waals surface area contributed by atoms with Crippen molar-refractivity contribution in [3.05, 3.63) is 95.8 Å². The quantitative estimate of drug-likeness (QED) is 0.153. The van der Waals surface area contributed by atoms with E-state index in [0.717, 1.165) is 68.1 Å². The zero-order valence-electron chi connectivity index (χ0n) is 23.8. The van der Waals surface area contributed by atoms with Crippen LogP contribution in [0.2, 0.25) is 0 Å². The first-order chi connectivity index (χ1) is 19.5. The topological polar surface area (TPSA) is 9.23 Å². The molecule has 4 heteroatoms. The van der Waals surface area contributed by atoms with E-state index in [4.69, 9.17) is 4.74 Å². The Bertz CT molecular complexity index is 1310. The molecule has 212 valence electrons. The lowest BCUT2D eigenvalue weighted by Gasteiger charge is -2.22. The monoisotopic (exact) mass is 546 g/mol. The average Bonchev–Trinajstić information content (AvgIpc) is 2.98. The van der Waals surface area contributed by atoms with E-state index in [-0.39, 0.29) is 17.1 Å². The van der Waals surface area contributed by atoms with Gasteiger partial charge in [0.15, 0.2) is 11.6 Å². The Hall–Kier alpha value is -3.27. The summed E-state index contributed by atoms with van der Waals surface area (Å²) in [5.74, 6) is -1.50. The molecular weight excluding hydrogens is 505 g/mol. The van der Waals surface area contributed by atoms with E-state index < -0.39 is 11.6 Å². The molecule has 0 amide bonds. The lowest BCUT2D eigenvalue weighted by atomic mass is 9.84.